The number of carbonyl (C=O) groups excluding carboxylic acids is 1. The maximum Gasteiger partial charge on any atom is 0.265 e. The first-order valence-electron chi connectivity index (χ1n) is 5.63. The molecule has 2 rings (SSSR count). The fraction of sp³-hybridized carbons (Fsp3) is 0.500. The summed E-state index contributed by atoms with van der Waals surface area (Å²) in [6.45, 7) is 2.63. The summed E-state index contributed by atoms with van der Waals surface area (Å²) in [7, 11) is 0. The Morgan fingerprint density at radius 2 is 2.44 bits per heavy atom. The van der Waals surface area contributed by atoms with Crippen LogP contribution in [0.3, 0.4) is 0 Å². The highest BCUT2D eigenvalue weighted by atomic mass is 32.2. The minimum Gasteiger partial charge on any atom is -0.293 e. The van der Waals surface area contributed by atoms with Crippen molar-refractivity contribution in [3.05, 3.63) is 23.1 Å². The van der Waals surface area contributed by atoms with Gasteiger partial charge in [-0.15, -0.1) is 0 Å². The van der Waals surface area contributed by atoms with E-state index in [0.717, 1.165) is 24.2 Å². The Morgan fingerprint density at radius 3 is 3.00 bits per heavy atom. The molecular weight excluding hydrogens is 238 g/mol. The van der Waals surface area contributed by atoms with Crippen LogP contribution in [0.4, 0.5) is 0 Å². The molecule has 0 N–H and O–H groups in total. The maximum atomic E-state index is 12.0. The highest BCUT2D eigenvalue weighted by molar-refractivity contribution is 8.26. The molecule has 1 aliphatic carbocycles. The number of nitrogens with zero attached hydrogens (tertiary/aromatic N) is 1. The second kappa shape index (κ2) is 5.15. The zero-order chi connectivity index (χ0) is 11.5. The average molecular weight is 253 g/mol. The fourth-order valence-corrected chi connectivity index (χ4v) is 3.42. The molecule has 86 valence electrons. The van der Waals surface area contributed by atoms with Crippen LogP contribution in [0, 0.1) is 5.92 Å². The largest absolute Gasteiger partial charge is 0.293 e. The monoisotopic (exact) mass is 253 g/mol. The van der Waals surface area contributed by atoms with Gasteiger partial charge in [-0.25, -0.2) is 0 Å². The first-order valence-corrected chi connectivity index (χ1v) is 6.85. The van der Waals surface area contributed by atoms with E-state index in [1.807, 2.05) is 6.92 Å². The smallest absolute Gasteiger partial charge is 0.265 e. The van der Waals surface area contributed by atoms with E-state index in [2.05, 4.69) is 18.2 Å². The van der Waals surface area contributed by atoms with E-state index in [9.17, 15) is 4.79 Å². The van der Waals surface area contributed by atoms with Gasteiger partial charge in [0.25, 0.3) is 5.91 Å². The summed E-state index contributed by atoms with van der Waals surface area (Å²) in [5.41, 5.74) is 0. The molecule has 0 bridgehead atoms. The molecule has 1 atom stereocenters. The third-order valence-corrected chi connectivity index (χ3v) is 4.28. The van der Waals surface area contributed by atoms with Crippen molar-refractivity contribution < 1.29 is 4.79 Å². The molecule has 4 heteroatoms. The number of hydrogen-bond acceptors (Lipinski definition) is 3. The number of thioether (sulfide) groups is 1. The molecule has 1 saturated heterocycles. The molecule has 0 aromatic carbocycles. The number of rotatable bonds is 2. The van der Waals surface area contributed by atoms with Crippen molar-refractivity contribution in [1.82, 2.24) is 4.90 Å². The molecule has 2 nitrogen and oxygen atoms in total. The van der Waals surface area contributed by atoms with Crippen molar-refractivity contribution >= 4 is 34.2 Å². The van der Waals surface area contributed by atoms with Crippen LogP contribution in [-0.2, 0) is 4.79 Å². The van der Waals surface area contributed by atoms with Crippen LogP contribution in [0.1, 0.15) is 26.2 Å². The average Bonchev–Trinajstić information content (AvgIpc) is 2.55. The van der Waals surface area contributed by atoms with E-state index in [1.54, 1.807) is 4.90 Å². The highest BCUT2D eigenvalue weighted by Gasteiger charge is 2.31. The lowest BCUT2D eigenvalue weighted by molar-refractivity contribution is -0.122. The number of hydrogen-bond donors (Lipinski definition) is 0. The zero-order valence-electron chi connectivity index (χ0n) is 9.31. The summed E-state index contributed by atoms with van der Waals surface area (Å²) in [6.07, 6.45) is 9.84. The zero-order valence-corrected chi connectivity index (χ0v) is 10.9. The molecule has 1 heterocycles. The molecule has 0 saturated carbocycles. The topological polar surface area (TPSA) is 20.3 Å². The number of allylic oxidation sites excluding steroid dienone is 3. The highest BCUT2D eigenvalue weighted by Crippen LogP contribution is 2.33. The molecule has 2 aliphatic rings. The molecule has 0 aromatic rings. The second-order valence-corrected chi connectivity index (χ2v) is 5.67. The lowest BCUT2D eigenvalue weighted by Crippen LogP contribution is -2.27. The normalized spacial score (nSPS) is 28.2. The maximum absolute atomic E-state index is 12.0. The van der Waals surface area contributed by atoms with Crippen molar-refractivity contribution in [3.8, 4) is 0 Å². The first kappa shape index (κ1) is 11.9. The summed E-state index contributed by atoms with van der Waals surface area (Å²) >= 11 is 6.62. The second-order valence-electron chi connectivity index (χ2n) is 3.99. The molecular formula is C12H15NOS2. The molecule has 0 aromatic heterocycles. The predicted octanol–water partition coefficient (Wildman–Crippen LogP) is 3.11. The molecule has 1 unspecified atom stereocenters. The summed E-state index contributed by atoms with van der Waals surface area (Å²) in [4.78, 5) is 14.4. The lowest BCUT2D eigenvalue weighted by atomic mass is 9.94. The van der Waals surface area contributed by atoms with Crippen molar-refractivity contribution in [3.63, 3.8) is 0 Å². The van der Waals surface area contributed by atoms with Crippen molar-refractivity contribution in [2.45, 2.75) is 26.2 Å². The molecule has 0 spiro atoms. The first-order chi connectivity index (χ1) is 7.72. The van der Waals surface area contributed by atoms with E-state index in [1.165, 1.54) is 11.8 Å². The number of amides is 1. The van der Waals surface area contributed by atoms with Crippen LogP contribution in [0.2, 0.25) is 0 Å². The fourth-order valence-electron chi connectivity index (χ4n) is 1.97. The Morgan fingerprint density at radius 1 is 1.62 bits per heavy atom. The van der Waals surface area contributed by atoms with Crippen LogP contribution in [0.15, 0.2) is 23.1 Å². The molecule has 16 heavy (non-hydrogen) atoms. The Bertz CT molecular complexity index is 373. The van der Waals surface area contributed by atoms with E-state index in [-0.39, 0.29) is 5.91 Å². The van der Waals surface area contributed by atoms with Gasteiger partial charge < -0.3 is 0 Å². The van der Waals surface area contributed by atoms with Gasteiger partial charge in [0, 0.05) is 6.54 Å². The predicted molar refractivity (Wildman–Crippen MR) is 72.1 cm³/mol. The van der Waals surface area contributed by atoms with Gasteiger partial charge in [-0.3, -0.25) is 9.69 Å². The quantitative estimate of drug-likeness (QED) is 0.428. The molecule has 0 radical (unpaired) electrons. The van der Waals surface area contributed by atoms with Crippen molar-refractivity contribution in [2.24, 2.45) is 5.92 Å². The SMILES string of the molecule is CCN1C(=O)C(=CC2CC=CCC2)SC1=S. The van der Waals surface area contributed by atoms with Crippen molar-refractivity contribution in [2.75, 3.05) is 6.54 Å². The van der Waals surface area contributed by atoms with Gasteiger partial charge in [0.2, 0.25) is 0 Å². The van der Waals surface area contributed by atoms with Crippen LogP contribution >= 0.6 is 24.0 Å². The Labute approximate surface area is 106 Å². The van der Waals surface area contributed by atoms with Crippen LogP contribution in [0.25, 0.3) is 0 Å². The summed E-state index contributed by atoms with van der Waals surface area (Å²) in [6, 6.07) is 0. The number of likely N-dealkylation sites (N-methyl/N-ethyl adjacent to an activating group) is 1. The summed E-state index contributed by atoms with van der Waals surface area (Å²) in [5.74, 6) is 0.600. The molecule has 1 aliphatic heterocycles. The van der Waals surface area contributed by atoms with E-state index in [4.69, 9.17) is 12.2 Å². The lowest BCUT2D eigenvalue weighted by Gasteiger charge is -2.13. The minimum atomic E-state index is 0.0899. The number of carbonyl (C=O) groups is 1. The number of thiocarbonyl (C=S) groups is 1. The third kappa shape index (κ3) is 2.38. The molecule has 1 fully saturated rings. The minimum absolute atomic E-state index is 0.0899. The van der Waals surface area contributed by atoms with Gasteiger partial charge in [0.1, 0.15) is 4.32 Å². The van der Waals surface area contributed by atoms with Gasteiger partial charge in [-0.2, -0.15) is 0 Å². The Kier molecular flexibility index (Phi) is 3.82. The standard InChI is InChI=1S/C12H15NOS2/c1-2-13-11(14)10(16-12(13)15)8-9-6-4-3-5-7-9/h3-4,8-9H,2,5-7H2,1H3. The van der Waals surface area contributed by atoms with Crippen molar-refractivity contribution in [1.29, 1.82) is 0 Å². The summed E-state index contributed by atoms with van der Waals surface area (Å²) < 4.78 is 0.699. The Hall–Kier alpha value is -0.610. The van der Waals surface area contributed by atoms with E-state index < -0.39 is 0 Å². The van der Waals surface area contributed by atoms with Gasteiger partial charge in [-0.05, 0) is 32.1 Å². The van der Waals surface area contributed by atoms with E-state index in [0.29, 0.717) is 16.8 Å². The van der Waals surface area contributed by atoms with Gasteiger partial charge >= 0.3 is 0 Å². The van der Waals surface area contributed by atoms with Gasteiger partial charge in [0.15, 0.2) is 0 Å². The van der Waals surface area contributed by atoms with E-state index >= 15 is 0 Å². The third-order valence-electron chi connectivity index (χ3n) is 2.89. The van der Waals surface area contributed by atoms with Crippen LogP contribution in [0.5, 0.6) is 0 Å². The van der Waals surface area contributed by atoms with Crippen LogP contribution < -0.4 is 0 Å². The molecule has 1 amide bonds. The van der Waals surface area contributed by atoms with Crippen LogP contribution in [-0.4, -0.2) is 21.7 Å². The van der Waals surface area contributed by atoms with Gasteiger partial charge in [0.05, 0.1) is 4.91 Å². The summed E-state index contributed by atoms with van der Waals surface area (Å²) in [5, 5.41) is 0. The Balaban J connectivity index is 2.10. The van der Waals surface area contributed by atoms with Gasteiger partial charge in [-0.1, -0.05) is 42.2 Å².